The van der Waals surface area contributed by atoms with Crippen molar-refractivity contribution < 1.29 is 18.4 Å². The van der Waals surface area contributed by atoms with Crippen molar-refractivity contribution in [3.05, 3.63) is 43.0 Å². The molecule has 1 atom stereocenters. The zero-order chi connectivity index (χ0) is 14.8. The Hall–Kier alpha value is -1.47. The van der Waals surface area contributed by atoms with Crippen LogP contribution in [-0.2, 0) is 18.4 Å². The van der Waals surface area contributed by atoms with Gasteiger partial charge in [-0.1, -0.05) is 36.9 Å². The van der Waals surface area contributed by atoms with E-state index in [0.717, 1.165) is 11.3 Å². The van der Waals surface area contributed by atoms with E-state index in [0.29, 0.717) is 12.8 Å². The lowest BCUT2D eigenvalue weighted by molar-refractivity contribution is -0.138. The monoisotopic (exact) mass is 295 g/mol. The summed E-state index contributed by atoms with van der Waals surface area (Å²) >= 11 is 0. The summed E-state index contributed by atoms with van der Waals surface area (Å²) in [6.07, 6.45) is 1.42. The van der Waals surface area contributed by atoms with Crippen molar-refractivity contribution in [2.75, 3.05) is 26.0 Å². The zero-order valence-electron chi connectivity index (χ0n) is 11.7. The molecule has 1 unspecified atom stereocenters. The van der Waals surface area contributed by atoms with Crippen molar-refractivity contribution >= 4 is 19.7 Å². The summed E-state index contributed by atoms with van der Waals surface area (Å²) in [4.78, 5) is 11.0. The first-order valence-electron chi connectivity index (χ1n) is 6.51. The van der Waals surface area contributed by atoms with E-state index in [1.54, 1.807) is 0 Å². The summed E-state index contributed by atoms with van der Waals surface area (Å²) in [5.41, 5.74) is 5.88. The highest BCUT2D eigenvalue weighted by Crippen LogP contribution is 2.07. The molecule has 0 fully saturated rings. The lowest BCUT2D eigenvalue weighted by Crippen LogP contribution is -2.60. The SMILES string of the molecule is C=CC(=O)OCCO[Si](CN)(OCC)c1ccccc1. The Morgan fingerprint density at radius 2 is 2.00 bits per heavy atom. The molecule has 0 heterocycles. The highest BCUT2D eigenvalue weighted by molar-refractivity contribution is 6.81. The number of carbonyl (C=O) groups is 1. The van der Waals surface area contributed by atoms with Crippen LogP contribution in [0.1, 0.15) is 6.92 Å². The maximum atomic E-state index is 11.0. The van der Waals surface area contributed by atoms with Crippen LogP contribution < -0.4 is 10.9 Å². The Kier molecular flexibility index (Phi) is 7.17. The van der Waals surface area contributed by atoms with Gasteiger partial charge in [-0.15, -0.1) is 0 Å². The third-order valence-corrected chi connectivity index (χ3v) is 5.87. The summed E-state index contributed by atoms with van der Waals surface area (Å²) in [6.45, 7) is 6.15. The Morgan fingerprint density at radius 3 is 2.55 bits per heavy atom. The van der Waals surface area contributed by atoms with Crippen molar-refractivity contribution in [2.45, 2.75) is 6.92 Å². The summed E-state index contributed by atoms with van der Waals surface area (Å²) in [6, 6.07) is 9.67. The lowest BCUT2D eigenvalue weighted by atomic mass is 10.4. The molecule has 6 heteroatoms. The van der Waals surface area contributed by atoms with Crippen molar-refractivity contribution in [3.63, 3.8) is 0 Å². The lowest BCUT2D eigenvalue weighted by Gasteiger charge is -2.29. The first-order chi connectivity index (χ1) is 9.68. The average molecular weight is 295 g/mol. The molecule has 0 saturated carbocycles. The Morgan fingerprint density at radius 1 is 1.30 bits per heavy atom. The van der Waals surface area contributed by atoms with Crippen LogP contribution >= 0.6 is 0 Å². The molecule has 5 nitrogen and oxygen atoms in total. The summed E-state index contributed by atoms with van der Waals surface area (Å²) in [5.74, 6) is -0.468. The zero-order valence-corrected chi connectivity index (χ0v) is 12.7. The van der Waals surface area contributed by atoms with Crippen molar-refractivity contribution in [1.82, 2.24) is 0 Å². The van der Waals surface area contributed by atoms with E-state index in [9.17, 15) is 4.79 Å². The van der Waals surface area contributed by atoms with Crippen LogP contribution in [-0.4, -0.2) is 40.5 Å². The molecule has 0 spiro atoms. The van der Waals surface area contributed by atoms with E-state index < -0.39 is 14.5 Å². The van der Waals surface area contributed by atoms with Gasteiger partial charge >= 0.3 is 14.5 Å². The standard InChI is InChI=1S/C14H21NO4Si/c1-3-14(16)17-10-11-19-20(12-15,18-4-2)13-8-6-5-7-9-13/h3,5-9H,1,4,10-12,15H2,2H3. The molecule has 0 aliphatic rings. The molecule has 20 heavy (non-hydrogen) atoms. The quantitative estimate of drug-likeness (QED) is 0.313. The fourth-order valence-corrected chi connectivity index (χ4v) is 4.24. The van der Waals surface area contributed by atoms with Gasteiger partial charge in [0.1, 0.15) is 6.61 Å². The maximum absolute atomic E-state index is 11.0. The van der Waals surface area contributed by atoms with Crippen molar-refractivity contribution in [3.8, 4) is 0 Å². The van der Waals surface area contributed by atoms with Gasteiger partial charge in [0.25, 0.3) is 0 Å². The fraction of sp³-hybridized carbons (Fsp3) is 0.357. The minimum atomic E-state index is -2.67. The highest BCUT2D eigenvalue weighted by Gasteiger charge is 2.38. The van der Waals surface area contributed by atoms with E-state index in [4.69, 9.17) is 19.3 Å². The first kappa shape index (κ1) is 16.6. The third kappa shape index (κ3) is 4.57. The molecule has 1 aromatic rings. The molecule has 0 amide bonds. The largest absolute Gasteiger partial charge is 0.460 e. The third-order valence-electron chi connectivity index (χ3n) is 2.69. The van der Waals surface area contributed by atoms with E-state index in [-0.39, 0.29) is 13.2 Å². The van der Waals surface area contributed by atoms with Gasteiger partial charge in [-0.05, 0) is 12.1 Å². The summed E-state index contributed by atoms with van der Waals surface area (Å²) in [5, 5.41) is 0.972. The van der Waals surface area contributed by atoms with E-state index in [1.807, 2.05) is 37.3 Å². The molecular weight excluding hydrogens is 274 g/mol. The number of esters is 1. The van der Waals surface area contributed by atoms with Gasteiger partial charge in [-0.2, -0.15) is 0 Å². The molecule has 0 aromatic heterocycles. The van der Waals surface area contributed by atoms with Crippen LogP contribution in [0.2, 0.25) is 0 Å². The van der Waals surface area contributed by atoms with Gasteiger partial charge in [-0.3, -0.25) is 0 Å². The number of ether oxygens (including phenoxy) is 1. The van der Waals surface area contributed by atoms with Gasteiger partial charge in [0.2, 0.25) is 0 Å². The average Bonchev–Trinajstić information content (AvgIpc) is 2.51. The molecule has 0 saturated heterocycles. The second kappa shape index (κ2) is 8.65. The van der Waals surface area contributed by atoms with Crippen molar-refractivity contribution in [1.29, 1.82) is 0 Å². The van der Waals surface area contributed by atoms with Gasteiger partial charge in [-0.25, -0.2) is 4.79 Å². The minimum Gasteiger partial charge on any atom is -0.460 e. The molecule has 0 aliphatic heterocycles. The number of rotatable bonds is 9. The molecular formula is C14H21NO4Si. The van der Waals surface area contributed by atoms with E-state index in [2.05, 4.69) is 6.58 Å². The Labute approximate surface area is 120 Å². The molecule has 0 bridgehead atoms. The van der Waals surface area contributed by atoms with Crippen LogP contribution in [0, 0.1) is 0 Å². The normalized spacial score (nSPS) is 13.5. The first-order valence-corrected chi connectivity index (χ1v) is 8.53. The van der Waals surface area contributed by atoms with Crippen LogP contribution in [0.25, 0.3) is 0 Å². The highest BCUT2D eigenvalue weighted by atomic mass is 28.4. The molecule has 1 rings (SSSR count). The number of hydrogen-bond donors (Lipinski definition) is 1. The second-order valence-corrected chi connectivity index (χ2v) is 7.04. The number of benzene rings is 1. The number of carbonyl (C=O) groups excluding carboxylic acids is 1. The maximum Gasteiger partial charge on any atom is 0.386 e. The molecule has 0 aliphatic carbocycles. The smallest absolute Gasteiger partial charge is 0.386 e. The Balaban J connectivity index is 2.69. The minimum absolute atomic E-state index is 0.152. The predicted molar refractivity (Wildman–Crippen MR) is 79.6 cm³/mol. The van der Waals surface area contributed by atoms with Gasteiger partial charge in [0, 0.05) is 18.9 Å². The van der Waals surface area contributed by atoms with Gasteiger partial charge in [0.15, 0.2) is 0 Å². The van der Waals surface area contributed by atoms with E-state index in [1.165, 1.54) is 0 Å². The van der Waals surface area contributed by atoms with E-state index >= 15 is 0 Å². The molecule has 2 N–H and O–H groups in total. The number of hydrogen-bond acceptors (Lipinski definition) is 5. The topological polar surface area (TPSA) is 70.8 Å². The van der Waals surface area contributed by atoms with Crippen molar-refractivity contribution in [2.24, 2.45) is 5.73 Å². The molecule has 110 valence electrons. The van der Waals surface area contributed by atoms with Crippen LogP contribution in [0.15, 0.2) is 43.0 Å². The van der Waals surface area contributed by atoms with Crippen LogP contribution in [0.5, 0.6) is 0 Å². The summed E-state index contributed by atoms with van der Waals surface area (Å²) < 4.78 is 16.6. The molecule has 0 radical (unpaired) electrons. The Bertz CT molecular complexity index is 426. The summed E-state index contributed by atoms with van der Waals surface area (Å²) in [7, 11) is -2.67. The van der Waals surface area contributed by atoms with Crippen LogP contribution in [0.4, 0.5) is 0 Å². The number of nitrogens with two attached hydrogens (primary N) is 1. The predicted octanol–water partition coefficient (Wildman–Crippen LogP) is 0.616. The molecule has 1 aromatic carbocycles. The van der Waals surface area contributed by atoms with Gasteiger partial charge < -0.3 is 19.3 Å². The fourth-order valence-electron chi connectivity index (χ4n) is 1.78. The van der Waals surface area contributed by atoms with Gasteiger partial charge in [0.05, 0.1) is 6.61 Å². The second-order valence-electron chi connectivity index (χ2n) is 3.98. The van der Waals surface area contributed by atoms with Crippen LogP contribution in [0.3, 0.4) is 0 Å².